The van der Waals surface area contributed by atoms with Crippen LogP contribution in [0.5, 0.6) is 0 Å². The van der Waals surface area contributed by atoms with Crippen LogP contribution in [0, 0.1) is 6.92 Å². The van der Waals surface area contributed by atoms with Gasteiger partial charge >= 0.3 is 0 Å². The largest absolute Gasteiger partial charge is 0.357 e. The molecular weight excluding hydrogens is 487 g/mol. The Balaban J connectivity index is 0.00000320. The minimum Gasteiger partial charge on any atom is -0.357 e. The van der Waals surface area contributed by atoms with Gasteiger partial charge in [0.15, 0.2) is 5.96 Å². The molecule has 0 aliphatic rings. The van der Waals surface area contributed by atoms with Crippen molar-refractivity contribution in [3.05, 3.63) is 71.8 Å². The predicted octanol–water partition coefficient (Wildman–Crippen LogP) is 4.19. The Morgan fingerprint density at radius 1 is 1.03 bits per heavy atom. The number of rotatable bonds is 8. The number of hydrogen-bond acceptors (Lipinski definition) is 3. The van der Waals surface area contributed by atoms with E-state index >= 15 is 0 Å². The molecule has 1 aromatic heterocycles. The van der Waals surface area contributed by atoms with Crippen molar-refractivity contribution in [2.24, 2.45) is 4.99 Å². The summed E-state index contributed by atoms with van der Waals surface area (Å²) in [5, 5.41) is 14.8. The van der Waals surface area contributed by atoms with Crippen LogP contribution in [0.1, 0.15) is 30.8 Å². The number of hydrogen-bond donors (Lipinski definition) is 2. The number of nitrogens with zero attached hydrogens (tertiary/aromatic N) is 4. The van der Waals surface area contributed by atoms with Gasteiger partial charge in [-0.05, 0) is 36.6 Å². The molecular formula is C23H31IN6. The second-order valence-electron chi connectivity index (χ2n) is 6.99. The van der Waals surface area contributed by atoms with Crippen LogP contribution < -0.4 is 10.6 Å². The number of nitrogens with one attached hydrogen (secondary N) is 2. The average molecular weight is 518 g/mol. The fourth-order valence-corrected chi connectivity index (χ4v) is 3.22. The highest BCUT2D eigenvalue weighted by Gasteiger charge is 2.03. The van der Waals surface area contributed by atoms with Crippen LogP contribution in [0.25, 0.3) is 11.1 Å². The molecule has 0 spiro atoms. The topological polar surface area (TPSA) is 67.1 Å². The SMILES string of the molecule is CCNC(=NCc1cccc(-c2cccc(C)c2)c1)NCCn1cnnc1CC.I. The van der Waals surface area contributed by atoms with E-state index in [-0.39, 0.29) is 24.0 Å². The molecule has 0 radical (unpaired) electrons. The van der Waals surface area contributed by atoms with Gasteiger partial charge in [0, 0.05) is 26.1 Å². The summed E-state index contributed by atoms with van der Waals surface area (Å²) >= 11 is 0. The van der Waals surface area contributed by atoms with Crippen molar-refractivity contribution in [2.75, 3.05) is 13.1 Å². The smallest absolute Gasteiger partial charge is 0.191 e. The maximum atomic E-state index is 4.75. The molecule has 0 amide bonds. The highest BCUT2D eigenvalue weighted by molar-refractivity contribution is 14.0. The lowest BCUT2D eigenvalue weighted by Crippen LogP contribution is -2.38. The van der Waals surface area contributed by atoms with E-state index in [0.717, 1.165) is 37.8 Å². The van der Waals surface area contributed by atoms with Crippen molar-refractivity contribution in [1.29, 1.82) is 0 Å². The van der Waals surface area contributed by atoms with Gasteiger partial charge in [0.2, 0.25) is 0 Å². The monoisotopic (exact) mass is 518 g/mol. The first-order valence-corrected chi connectivity index (χ1v) is 10.2. The summed E-state index contributed by atoms with van der Waals surface area (Å²) in [6.07, 6.45) is 2.66. The van der Waals surface area contributed by atoms with Gasteiger partial charge in [0.1, 0.15) is 12.2 Å². The fourth-order valence-electron chi connectivity index (χ4n) is 3.22. The van der Waals surface area contributed by atoms with Gasteiger partial charge in [-0.1, -0.05) is 55.0 Å². The molecule has 7 heteroatoms. The Bertz CT molecular complexity index is 950. The number of benzene rings is 2. The van der Waals surface area contributed by atoms with Gasteiger partial charge in [0.05, 0.1) is 6.54 Å². The van der Waals surface area contributed by atoms with Crippen LogP contribution in [0.15, 0.2) is 59.9 Å². The van der Waals surface area contributed by atoms with E-state index in [9.17, 15) is 0 Å². The predicted molar refractivity (Wildman–Crippen MR) is 134 cm³/mol. The van der Waals surface area contributed by atoms with Crippen LogP contribution in [-0.4, -0.2) is 33.8 Å². The van der Waals surface area contributed by atoms with Crippen LogP contribution in [0.2, 0.25) is 0 Å². The Hall–Kier alpha value is -2.42. The lowest BCUT2D eigenvalue weighted by atomic mass is 10.0. The van der Waals surface area contributed by atoms with Crippen molar-refractivity contribution in [3.63, 3.8) is 0 Å². The summed E-state index contributed by atoms with van der Waals surface area (Å²) in [6, 6.07) is 17.2. The molecule has 30 heavy (non-hydrogen) atoms. The third-order valence-electron chi connectivity index (χ3n) is 4.70. The first-order valence-electron chi connectivity index (χ1n) is 10.2. The van der Waals surface area contributed by atoms with Gasteiger partial charge in [-0.3, -0.25) is 0 Å². The van der Waals surface area contributed by atoms with Crippen molar-refractivity contribution < 1.29 is 0 Å². The van der Waals surface area contributed by atoms with Crippen molar-refractivity contribution >= 4 is 29.9 Å². The first kappa shape index (κ1) is 23.9. The highest BCUT2D eigenvalue weighted by atomic mass is 127. The molecule has 6 nitrogen and oxygen atoms in total. The van der Waals surface area contributed by atoms with E-state index in [1.165, 1.54) is 22.3 Å². The van der Waals surface area contributed by atoms with Gasteiger partial charge in [0.25, 0.3) is 0 Å². The zero-order valence-corrected chi connectivity index (χ0v) is 20.3. The zero-order chi connectivity index (χ0) is 20.5. The summed E-state index contributed by atoms with van der Waals surface area (Å²) in [4.78, 5) is 4.75. The third-order valence-corrected chi connectivity index (χ3v) is 4.70. The van der Waals surface area contributed by atoms with E-state index in [2.05, 4.69) is 94.7 Å². The first-order chi connectivity index (χ1) is 14.2. The number of guanidine groups is 1. The van der Waals surface area contributed by atoms with Gasteiger partial charge in [-0.2, -0.15) is 0 Å². The number of aryl methyl sites for hydroxylation is 2. The molecule has 0 unspecified atom stereocenters. The molecule has 0 saturated heterocycles. The molecule has 160 valence electrons. The van der Waals surface area contributed by atoms with Gasteiger partial charge in [-0.15, -0.1) is 34.2 Å². The molecule has 1 heterocycles. The summed E-state index contributed by atoms with van der Waals surface area (Å²) in [7, 11) is 0. The van der Waals surface area contributed by atoms with Gasteiger partial charge in [-0.25, -0.2) is 4.99 Å². The number of aliphatic imine (C=N–C) groups is 1. The molecule has 3 aromatic rings. The third kappa shape index (κ3) is 6.83. The van der Waals surface area contributed by atoms with E-state index in [1.807, 2.05) is 0 Å². The molecule has 2 aromatic carbocycles. The molecule has 0 fully saturated rings. The summed E-state index contributed by atoms with van der Waals surface area (Å²) in [6.45, 7) is 9.30. The quantitative estimate of drug-likeness (QED) is 0.267. The average Bonchev–Trinajstić information content (AvgIpc) is 3.20. The molecule has 0 bridgehead atoms. The van der Waals surface area contributed by atoms with E-state index in [0.29, 0.717) is 6.54 Å². The minimum atomic E-state index is 0. The minimum absolute atomic E-state index is 0. The highest BCUT2D eigenvalue weighted by Crippen LogP contribution is 2.21. The molecule has 0 atom stereocenters. The van der Waals surface area contributed by atoms with Crippen LogP contribution in [0.3, 0.4) is 0 Å². The number of aromatic nitrogens is 3. The van der Waals surface area contributed by atoms with Crippen LogP contribution >= 0.6 is 24.0 Å². The van der Waals surface area contributed by atoms with E-state index < -0.39 is 0 Å². The van der Waals surface area contributed by atoms with Crippen molar-refractivity contribution in [1.82, 2.24) is 25.4 Å². The second kappa shape index (κ2) is 12.3. The summed E-state index contributed by atoms with van der Waals surface area (Å²) in [5.74, 6) is 1.82. The molecule has 0 saturated carbocycles. The molecule has 3 rings (SSSR count). The second-order valence-corrected chi connectivity index (χ2v) is 6.99. The van der Waals surface area contributed by atoms with E-state index in [4.69, 9.17) is 4.99 Å². The zero-order valence-electron chi connectivity index (χ0n) is 17.9. The van der Waals surface area contributed by atoms with Gasteiger partial charge < -0.3 is 15.2 Å². The van der Waals surface area contributed by atoms with Crippen LogP contribution in [0.4, 0.5) is 0 Å². The maximum Gasteiger partial charge on any atom is 0.191 e. The van der Waals surface area contributed by atoms with Crippen molar-refractivity contribution in [3.8, 4) is 11.1 Å². The Kier molecular flexibility index (Phi) is 9.79. The summed E-state index contributed by atoms with van der Waals surface area (Å²) in [5.41, 5.74) is 4.91. The normalized spacial score (nSPS) is 11.1. The lowest BCUT2D eigenvalue weighted by molar-refractivity contribution is 0.632. The van der Waals surface area contributed by atoms with E-state index in [1.54, 1.807) is 6.33 Å². The standard InChI is InChI=1S/C23H30N6.HI/c1-4-22-28-27-17-29(22)13-12-25-23(24-5-2)26-16-19-9-7-11-21(15-19)20-10-6-8-18(3)14-20;/h6-11,14-15,17H,4-5,12-13,16H2,1-3H3,(H2,24,25,26);1H. The Morgan fingerprint density at radius 2 is 1.80 bits per heavy atom. The Morgan fingerprint density at radius 3 is 2.53 bits per heavy atom. The summed E-state index contributed by atoms with van der Waals surface area (Å²) < 4.78 is 2.07. The maximum absolute atomic E-state index is 4.75. The molecule has 0 aliphatic heterocycles. The fraction of sp³-hybridized carbons (Fsp3) is 0.348. The Labute approximate surface area is 196 Å². The lowest BCUT2D eigenvalue weighted by Gasteiger charge is -2.12. The van der Waals surface area contributed by atoms with Crippen molar-refractivity contribution in [2.45, 2.75) is 40.3 Å². The molecule has 0 aliphatic carbocycles. The van der Waals surface area contributed by atoms with Crippen LogP contribution in [-0.2, 0) is 19.5 Å². The number of halogens is 1. The molecule has 2 N–H and O–H groups in total.